The first-order valence-electron chi connectivity index (χ1n) is 16.2. The van der Waals surface area contributed by atoms with Crippen molar-refractivity contribution in [2.45, 2.75) is 108 Å². The van der Waals surface area contributed by atoms with E-state index >= 15 is 0 Å². The molecule has 0 radical (unpaired) electrons. The lowest BCUT2D eigenvalue weighted by Gasteiger charge is -2.67. The number of allylic oxidation sites excluding steroid dienone is 2. The van der Waals surface area contributed by atoms with Crippen molar-refractivity contribution in [3.63, 3.8) is 0 Å². The Morgan fingerprint density at radius 1 is 1.02 bits per heavy atom. The zero-order valence-electron chi connectivity index (χ0n) is 27.3. The molecule has 0 aromatic rings. The van der Waals surface area contributed by atoms with E-state index in [1.54, 1.807) is 27.7 Å². The molecule has 16 heteroatoms. The molecule has 6 rings (SSSR count). The minimum atomic E-state index is -2.30. The molecule has 15 atom stereocenters. The second kappa shape index (κ2) is 12.0. The van der Waals surface area contributed by atoms with E-state index in [4.69, 9.17) is 28.4 Å². The zero-order valence-corrected chi connectivity index (χ0v) is 27.3. The van der Waals surface area contributed by atoms with Crippen molar-refractivity contribution in [1.82, 2.24) is 0 Å². The maximum Gasteiger partial charge on any atom is 0.348 e. The molecule has 3 aliphatic heterocycles. The smallest absolute Gasteiger partial charge is 0.348 e. The summed E-state index contributed by atoms with van der Waals surface area (Å²) in [5.74, 6) is -6.74. The van der Waals surface area contributed by atoms with E-state index in [1.165, 1.54) is 0 Å². The SMILES string of the molecule is COC(=O)[C@@]12OCC34[C@H]1C(OC(=O)CC(C)C)C(=O)O[C@@H]3C[C@H]1C(C)=C(O[C@@H]3O[C@H](CO)[C@@H](O)[C@H](O)[C@H]3O)C(=O)C[C@]1(C)[C@H]4[C@@H](O)[C@@H]2O. The summed E-state index contributed by atoms with van der Waals surface area (Å²) < 4.78 is 34.2. The van der Waals surface area contributed by atoms with Gasteiger partial charge in [0.25, 0.3) is 0 Å². The molecular formula is C32H44O16. The summed E-state index contributed by atoms with van der Waals surface area (Å²) in [7, 11) is 1.07. The molecule has 2 saturated carbocycles. The van der Waals surface area contributed by atoms with Crippen LogP contribution in [0.25, 0.3) is 0 Å². The van der Waals surface area contributed by atoms with E-state index in [9.17, 15) is 49.8 Å². The molecule has 1 spiro atoms. The van der Waals surface area contributed by atoms with E-state index < -0.39 is 120 Å². The van der Waals surface area contributed by atoms with Gasteiger partial charge in [0, 0.05) is 24.2 Å². The number of Topliss-reactive ketones (excluding diaryl/α,β-unsaturated/α-hetero) is 1. The molecule has 2 bridgehead atoms. The number of aliphatic hydroxyl groups is 6. The van der Waals surface area contributed by atoms with Crippen LogP contribution in [0, 0.1) is 34.5 Å². The minimum absolute atomic E-state index is 0.0476. The minimum Gasteiger partial charge on any atom is -0.467 e. The second-order valence-corrected chi connectivity index (χ2v) is 14.7. The molecule has 3 aliphatic carbocycles. The molecule has 48 heavy (non-hydrogen) atoms. The van der Waals surface area contributed by atoms with Crippen molar-refractivity contribution in [2.75, 3.05) is 20.3 Å². The van der Waals surface area contributed by atoms with Gasteiger partial charge in [0.05, 0.1) is 32.3 Å². The third-order valence-corrected chi connectivity index (χ3v) is 11.7. The number of ketones is 1. The number of carbonyl (C=O) groups is 4. The van der Waals surface area contributed by atoms with Crippen LogP contribution >= 0.6 is 0 Å². The maximum atomic E-state index is 14.0. The van der Waals surface area contributed by atoms with Crippen LogP contribution in [0.2, 0.25) is 0 Å². The third-order valence-electron chi connectivity index (χ3n) is 11.7. The van der Waals surface area contributed by atoms with Gasteiger partial charge in [-0.15, -0.1) is 0 Å². The van der Waals surface area contributed by atoms with Crippen molar-refractivity contribution in [3.8, 4) is 0 Å². The molecule has 268 valence electrons. The first kappa shape index (κ1) is 35.1. The van der Waals surface area contributed by atoms with Crippen molar-refractivity contribution >= 4 is 23.7 Å². The summed E-state index contributed by atoms with van der Waals surface area (Å²) in [6.45, 7) is 5.88. The van der Waals surface area contributed by atoms with E-state index in [0.29, 0.717) is 5.57 Å². The fourth-order valence-electron chi connectivity index (χ4n) is 9.81. The fraction of sp³-hybridized carbons (Fsp3) is 0.812. The van der Waals surface area contributed by atoms with Gasteiger partial charge < -0.3 is 59.1 Å². The summed E-state index contributed by atoms with van der Waals surface area (Å²) >= 11 is 0. The molecular weight excluding hydrogens is 640 g/mol. The predicted molar refractivity (Wildman–Crippen MR) is 155 cm³/mol. The van der Waals surface area contributed by atoms with Crippen LogP contribution in [0.4, 0.5) is 0 Å². The number of rotatable bonds is 7. The van der Waals surface area contributed by atoms with Crippen LogP contribution < -0.4 is 0 Å². The number of carbonyl (C=O) groups excluding carboxylic acids is 4. The van der Waals surface area contributed by atoms with Gasteiger partial charge in [0.1, 0.15) is 36.6 Å². The summed E-state index contributed by atoms with van der Waals surface area (Å²) in [4.78, 5) is 54.2. The van der Waals surface area contributed by atoms with Crippen LogP contribution in [0.5, 0.6) is 0 Å². The van der Waals surface area contributed by atoms with Crippen molar-refractivity contribution in [3.05, 3.63) is 11.3 Å². The molecule has 0 aromatic carbocycles. The lowest BCUT2D eigenvalue weighted by Crippen LogP contribution is -2.79. The molecule has 3 heterocycles. The molecule has 5 fully saturated rings. The summed E-state index contributed by atoms with van der Waals surface area (Å²) in [6.07, 6.45) is -14.8. The van der Waals surface area contributed by atoms with Crippen LogP contribution in [0.3, 0.4) is 0 Å². The topological polar surface area (TPSA) is 245 Å². The molecule has 6 N–H and O–H groups in total. The van der Waals surface area contributed by atoms with Gasteiger partial charge >= 0.3 is 17.9 Å². The van der Waals surface area contributed by atoms with Gasteiger partial charge in [-0.2, -0.15) is 0 Å². The lowest BCUT2D eigenvalue weighted by molar-refractivity contribution is -0.296. The first-order valence-corrected chi connectivity index (χ1v) is 16.2. The Morgan fingerprint density at radius 3 is 2.33 bits per heavy atom. The lowest BCUT2D eigenvalue weighted by atomic mass is 9.38. The third kappa shape index (κ3) is 4.63. The van der Waals surface area contributed by atoms with Gasteiger partial charge in [-0.25, -0.2) is 9.59 Å². The van der Waals surface area contributed by atoms with E-state index in [2.05, 4.69) is 0 Å². The van der Waals surface area contributed by atoms with E-state index in [1.807, 2.05) is 0 Å². The van der Waals surface area contributed by atoms with Gasteiger partial charge in [-0.05, 0) is 36.2 Å². The maximum absolute atomic E-state index is 14.0. The highest BCUT2D eigenvalue weighted by Gasteiger charge is 2.85. The summed E-state index contributed by atoms with van der Waals surface area (Å²) in [5.41, 5.74) is -4.55. The van der Waals surface area contributed by atoms with Crippen molar-refractivity contribution in [1.29, 1.82) is 0 Å². The van der Waals surface area contributed by atoms with Gasteiger partial charge in [0.15, 0.2) is 11.5 Å². The summed E-state index contributed by atoms with van der Waals surface area (Å²) in [6, 6.07) is 0. The number of methoxy groups -OCH3 is 1. The number of aliphatic hydroxyl groups excluding tert-OH is 6. The van der Waals surface area contributed by atoms with Crippen LogP contribution in [-0.4, -0.2) is 135 Å². The van der Waals surface area contributed by atoms with Gasteiger partial charge in [-0.1, -0.05) is 20.8 Å². The fourth-order valence-corrected chi connectivity index (χ4v) is 9.81. The van der Waals surface area contributed by atoms with Gasteiger partial charge in [0.2, 0.25) is 18.0 Å². The van der Waals surface area contributed by atoms with Crippen molar-refractivity contribution < 1.29 is 78.2 Å². The normalized spacial score (nSPS) is 48.0. The van der Waals surface area contributed by atoms with Crippen LogP contribution in [0.1, 0.15) is 47.0 Å². The molecule has 0 aromatic heterocycles. The van der Waals surface area contributed by atoms with Crippen molar-refractivity contribution in [2.24, 2.45) is 34.5 Å². The number of fused-ring (bicyclic) bond motifs is 2. The Hall–Kier alpha value is -2.70. The van der Waals surface area contributed by atoms with E-state index in [0.717, 1.165) is 7.11 Å². The average Bonchev–Trinajstić information content (AvgIpc) is 3.33. The number of hydrogen-bond donors (Lipinski definition) is 6. The first-order chi connectivity index (χ1) is 22.5. The molecule has 3 saturated heterocycles. The average molecular weight is 685 g/mol. The largest absolute Gasteiger partial charge is 0.467 e. The zero-order chi connectivity index (χ0) is 35.2. The molecule has 0 amide bonds. The monoisotopic (exact) mass is 684 g/mol. The molecule has 2 unspecified atom stereocenters. The highest BCUT2D eigenvalue weighted by atomic mass is 16.7. The number of hydrogen-bond acceptors (Lipinski definition) is 16. The highest BCUT2D eigenvalue weighted by molar-refractivity contribution is 5.96. The second-order valence-electron chi connectivity index (χ2n) is 14.7. The van der Waals surface area contributed by atoms with E-state index in [-0.39, 0.29) is 37.5 Å². The Bertz CT molecular complexity index is 1390. The Balaban J connectivity index is 1.44. The van der Waals surface area contributed by atoms with Crippen LogP contribution in [0.15, 0.2) is 11.3 Å². The number of esters is 3. The number of ether oxygens (including phenoxy) is 6. The molecule has 16 nitrogen and oxygen atoms in total. The molecule has 6 aliphatic rings. The van der Waals surface area contributed by atoms with Gasteiger partial charge in [-0.3, -0.25) is 9.59 Å². The Labute approximate surface area is 275 Å². The predicted octanol–water partition coefficient (Wildman–Crippen LogP) is -2.14. The standard InChI is InChI=1S/C32H44O16/c1-11(2)6-17(35)47-23-25-31-10-44-32(25,29(42)43-5)26(40)21(39)24(31)30(4)8-14(34)22(12(3)13(30)7-16(31)46-27(23)41)48-28-20(38)19(37)18(36)15(9-33)45-28/h11,13,15-16,18-21,23-26,28,33,36-40H,6-10H2,1-5H3/t13-,15+,16+,18+,19-,20+,21+,23?,24+,25+,26-,28-,30-,31?,32+/m0/s1. The quantitative estimate of drug-likeness (QED) is 0.124. The Kier molecular flexibility index (Phi) is 8.76. The Morgan fingerprint density at radius 2 is 1.71 bits per heavy atom. The van der Waals surface area contributed by atoms with Crippen LogP contribution in [-0.2, 0) is 47.6 Å². The summed E-state index contributed by atoms with van der Waals surface area (Å²) in [5, 5.41) is 64.4. The highest BCUT2D eigenvalue weighted by Crippen LogP contribution is 2.73.